The Morgan fingerprint density at radius 1 is 1.12 bits per heavy atom. The third kappa shape index (κ3) is 1.61. The maximum absolute atomic E-state index is 4.36. The number of rotatable bonds is 2. The van der Waals surface area contributed by atoms with Crippen molar-refractivity contribution >= 4 is 11.3 Å². The van der Waals surface area contributed by atoms with E-state index in [0.29, 0.717) is 0 Å². The Balaban J connectivity index is 2.23. The van der Waals surface area contributed by atoms with Crippen LogP contribution in [-0.4, -0.2) is 26.6 Å². The predicted octanol–water partition coefficient (Wildman–Crippen LogP) is 1.83. The number of aromatic nitrogens is 4. The lowest BCUT2D eigenvalue weighted by Gasteiger charge is -2.04. The molecule has 5 heteroatoms. The number of pyridine rings is 1. The van der Waals surface area contributed by atoms with Crippen molar-refractivity contribution in [1.29, 1.82) is 0 Å². The fourth-order valence-electron chi connectivity index (χ4n) is 1.78. The van der Waals surface area contributed by atoms with Crippen molar-refractivity contribution in [2.24, 2.45) is 0 Å². The molecule has 0 aromatic carbocycles. The van der Waals surface area contributed by atoms with Gasteiger partial charge in [0.05, 0.1) is 30.0 Å². The van der Waals surface area contributed by atoms with Crippen LogP contribution in [0.25, 0.3) is 16.9 Å². The average Bonchev–Trinajstić information content (AvgIpc) is 2.82. The maximum atomic E-state index is 4.36. The summed E-state index contributed by atoms with van der Waals surface area (Å²) < 4.78 is 2.03. The second-order valence-electron chi connectivity index (χ2n) is 3.67. The Kier molecular flexibility index (Phi) is 2.22. The van der Waals surface area contributed by atoms with Gasteiger partial charge >= 0.3 is 0 Å². The van der Waals surface area contributed by atoms with E-state index in [0.717, 1.165) is 22.6 Å². The molecule has 84 valence electrons. The van der Waals surface area contributed by atoms with Crippen molar-refractivity contribution in [1.82, 2.24) is 19.6 Å². The van der Waals surface area contributed by atoms with Gasteiger partial charge < -0.3 is 5.32 Å². The van der Waals surface area contributed by atoms with Gasteiger partial charge in [-0.25, -0.2) is 4.98 Å². The summed E-state index contributed by atoms with van der Waals surface area (Å²) in [5.74, 6) is 0. The lowest BCUT2D eigenvalue weighted by molar-refractivity contribution is 1.03. The lowest BCUT2D eigenvalue weighted by Crippen LogP contribution is -1.93. The SMILES string of the molecule is CNc1ccc2ncc(-c3ccnnc3)n2c1. The van der Waals surface area contributed by atoms with Crippen LogP contribution >= 0.6 is 0 Å². The van der Waals surface area contributed by atoms with Gasteiger partial charge in [-0.3, -0.25) is 4.40 Å². The van der Waals surface area contributed by atoms with Crippen LogP contribution in [0.1, 0.15) is 0 Å². The highest BCUT2D eigenvalue weighted by Gasteiger charge is 2.06. The first-order valence-corrected chi connectivity index (χ1v) is 5.30. The highest BCUT2D eigenvalue weighted by atomic mass is 15.1. The Labute approximate surface area is 98.1 Å². The first-order chi connectivity index (χ1) is 8.38. The Bertz CT molecular complexity index is 644. The highest BCUT2D eigenvalue weighted by molar-refractivity contribution is 5.64. The molecule has 0 bridgehead atoms. The van der Waals surface area contributed by atoms with Gasteiger partial charge in [0, 0.05) is 18.8 Å². The molecule has 0 radical (unpaired) electrons. The molecule has 0 atom stereocenters. The molecule has 0 amide bonds. The van der Waals surface area contributed by atoms with Crippen LogP contribution in [0.5, 0.6) is 0 Å². The number of imidazole rings is 1. The maximum Gasteiger partial charge on any atom is 0.137 e. The van der Waals surface area contributed by atoms with Gasteiger partial charge in [-0.15, -0.1) is 0 Å². The van der Waals surface area contributed by atoms with Gasteiger partial charge in [0.2, 0.25) is 0 Å². The van der Waals surface area contributed by atoms with Gasteiger partial charge in [-0.05, 0) is 18.2 Å². The summed E-state index contributed by atoms with van der Waals surface area (Å²) in [6.07, 6.45) is 7.26. The normalized spacial score (nSPS) is 10.6. The molecular weight excluding hydrogens is 214 g/mol. The Hall–Kier alpha value is -2.43. The van der Waals surface area contributed by atoms with Crippen LogP contribution < -0.4 is 5.32 Å². The van der Waals surface area contributed by atoms with E-state index >= 15 is 0 Å². The van der Waals surface area contributed by atoms with E-state index in [1.165, 1.54) is 0 Å². The van der Waals surface area contributed by atoms with Crippen LogP contribution in [-0.2, 0) is 0 Å². The molecule has 3 aromatic heterocycles. The summed E-state index contributed by atoms with van der Waals surface area (Å²) in [5, 5.41) is 10.8. The first kappa shape index (κ1) is 9.77. The van der Waals surface area contributed by atoms with Crippen molar-refractivity contribution in [3.05, 3.63) is 43.0 Å². The summed E-state index contributed by atoms with van der Waals surface area (Å²) in [6, 6.07) is 5.89. The molecule has 0 aliphatic heterocycles. The molecule has 1 N–H and O–H groups in total. The van der Waals surface area contributed by atoms with E-state index in [4.69, 9.17) is 0 Å². The van der Waals surface area contributed by atoms with E-state index < -0.39 is 0 Å². The largest absolute Gasteiger partial charge is 0.387 e. The summed E-state index contributed by atoms with van der Waals surface area (Å²) in [7, 11) is 1.89. The number of anilines is 1. The van der Waals surface area contributed by atoms with Crippen LogP contribution in [0.15, 0.2) is 43.0 Å². The lowest BCUT2D eigenvalue weighted by atomic mass is 10.2. The second kappa shape index (κ2) is 3.86. The van der Waals surface area contributed by atoms with Crippen LogP contribution in [0.4, 0.5) is 5.69 Å². The molecule has 0 spiro atoms. The molecule has 3 aromatic rings. The number of nitrogens with zero attached hydrogens (tertiary/aromatic N) is 4. The smallest absolute Gasteiger partial charge is 0.137 e. The summed E-state index contributed by atoms with van der Waals surface area (Å²) in [6.45, 7) is 0. The van der Waals surface area contributed by atoms with E-state index in [2.05, 4.69) is 20.5 Å². The average molecular weight is 225 g/mol. The summed E-state index contributed by atoms with van der Waals surface area (Å²) >= 11 is 0. The van der Waals surface area contributed by atoms with E-state index in [1.807, 2.05) is 42.0 Å². The Morgan fingerprint density at radius 3 is 2.82 bits per heavy atom. The standard InChI is InChI=1S/C12H11N5/c1-13-10-2-3-12-14-7-11(17(12)8-10)9-4-5-15-16-6-9/h2-8,13H,1H3. The minimum Gasteiger partial charge on any atom is -0.387 e. The van der Waals surface area contributed by atoms with Crippen LogP contribution in [0.2, 0.25) is 0 Å². The zero-order valence-corrected chi connectivity index (χ0v) is 9.33. The topological polar surface area (TPSA) is 55.1 Å². The van der Waals surface area contributed by atoms with Gasteiger partial charge in [0.25, 0.3) is 0 Å². The molecule has 3 heterocycles. The molecule has 0 aliphatic carbocycles. The highest BCUT2D eigenvalue weighted by Crippen LogP contribution is 2.20. The van der Waals surface area contributed by atoms with Gasteiger partial charge in [0.15, 0.2) is 0 Å². The van der Waals surface area contributed by atoms with Crippen molar-refractivity contribution in [3.8, 4) is 11.3 Å². The molecule has 0 saturated carbocycles. The van der Waals surface area contributed by atoms with Crippen molar-refractivity contribution in [2.45, 2.75) is 0 Å². The number of fused-ring (bicyclic) bond motifs is 1. The number of hydrogen-bond donors (Lipinski definition) is 1. The third-order valence-electron chi connectivity index (χ3n) is 2.67. The fourth-order valence-corrected chi connectivity index (χ4v) is 1.78. The number of nitrogens with one attached hydrogen (secondary N) is 1. The zero-order chi connectivity index (χ0) is 11.7. The van der Waals surface area contributed by atoms with Crippen LogP contribution in [0, 0.1) is 0 Å². The van der Waals surface area contributed by atoms with Gasteiger partial charge in [-0.1, -0.05) is 0 Å². The van der Waals surface area contributed by atoms with Gasteiger partial charge in [-0.2, -0.15) is 10.2 Å². The van der Waals surface area contributed by atoms with E-state index in [-0.39, 0.29) is 0 Å². The predicted molar refractivity (Wildman–Crippen MR) is 65.8 cm³/mol. The fraction of sp³-hybridized carbons (Fsp3) is 0.0833. The molecule has 0 saturated heterocycles. The molecule has 0 unspecified atom stereocenters. The first-order valence-electron chi connectivity index (χ1n) is 5.30. The molecule has 5 nitrogen and oxygen atoms in total. The number of hydrogen-bond acceptors (Lipinski definition) is 4. The van der Waals surface area contributed by atoms with Crippen molar-refractivity contribution in [3.63, 3.8) is 0 Å². The molecule has 0 aliphatic rings. The van der Waals surface area contributed by atoms with Gasteiger partial charge in [0.1, 0.15) is 5.65 Å². The molecule has 3 rings (SSSR count). The summed E-state index contributed by atoms with van der Waals surface area (Å²) in [5.41, 5.74) is 3.96. The molecule has 0 fully saturated rings. The van der Waals surface area contributed by atoms with E-state index in [1.54, 1.807) is 12.4 Å². The zero-order valence-electron chi connectivity index (χ0n) is 9.33. The minimum absolute atomic E-state index is 0.913. The van der Waals surface area contributed by atoms with Crippen molar-refractivity contribution in [2.75, 3.05) is 12.4 Å². The second-order valence-corrected chi connectivity index (χ2v) is 3.67. The molecular formula is C12H11N5. The summed E-state index contributed by atoms with van der Waals surface area (Å²) in [4.78, 5) is 4.36. The monoisotopic (exact) mass is 225 g/mol. The third-order valence-corrected chi connectivity index (χ3v) is 2.67. The Morgan fingerprint density at radius 2 is 2.06 bits per heavy atom. The van der Waals surface area contributed by atoms with Crippen LogP contribution in [0.3, 0.4) is 0 Å². The van der Waals surface area contributed by atoms with E-state index in [9.17, 15) is 0 Å². The van der Waals surface area contributed by atoms with Crippen molar-refractivity contribution < 1.29 is 0 Å². The minimum atomic E-state index is 0.913. The quantitative estimate of drug-likeness (QED) is 0.723. The molecule has 17 heavy (non-hydrogen) atoms.